The summed E-state index contributed by atoms with van der Waals surface area (Å²) in [5.41, 5.74) is 0.836. The summed E-state index contributed by atoms with van der Waals surface area (Å²) in [6, 6.07) is 16.9. The van der Waals surface area contributed by atoms with Crippen LogP contribution in [0.5, 0.6) is 5.75 Å². The number of rotatable bonds is 13. The van der Waals surface area contributed by atoms with Gasteiger partial charge >= 0.3 is 0 Å². The molecule has 0 aliphatic rings. The number of carbonyl (C=O) groups is 2. The lowest BCUT2D eigenvalue weighted by Crippen LogP contribution is -2.51. The van der Waals surface area contributed by atoms with Gasteiger partial charge in [0.2, 0.25) is 11.8 Å². The fraction of sp³-hybridized carbons (Fsp3) is 0.310. The van der Waals surface area contributed by atoms with Crippen molar-refractivity contribution in [2.75, 3.05) is 30.8 Å². The first kappa shape index (κ1) is 32.6. The van der Waals surface area contributed by atoms with E-state index in [2.05, 4.69) is 5.32 Å². The van der Waals surface area contributed by atoms with Crippen LogP contribution in [-0.4, -0.2) is 57.6 Å². The van der Waals surface area contributed by atoms with Gasteiger partial charge in [0, 0.05) is 28.5 Å². The highest BCUT2D eigenvalue weighted by Gasteiger charge is 2.33. The third kappa shape index (κ3) is 8.09. The van der Waals surface area contributed by atoms with E-state index in [0.717, 1.165) is 9.20 Å². The van der Waals surface area contributed by atoms with E-state index >= 15 is 0 Å². The maximum atomic E-state index is 14.0. The van der Waals surface area contributed by atoms with Crippen molar-refractivity contribution in [3.63, 3.8) is 0 Å². The van der Waals surface area contributed by atoms with E-state index < -0.39 is 28.5 Å². The van der Waals surface area contributed by atoms with Crippen molar-refractivity contribution < 1.29 is 22.7 Å². The van der Waals surface area contributed by atoms with Gasteiger partial charge in [-0.3, -0.25) is 13.9 Å². The van der Waals surface area contributed by atoms with Gasteiger partial charge in [-0.1, -0.05) is 36.2 Å². The minimum atomic E-state index is -4.19. The molecule has 1 N–H and O–H groups in total. The van der Waals surface area contributed by atoms with Gasteiger partial charge in [0.1, 0.15) is 18.3 Å². The molecule has 1 atom stereocenters. The van der Waals surface area contributed by atoms with Crippen molar-refractivity contribution in [2.45, 2.75) is 42.6 Å². The number of nitrogens with zero attached hydrogens (tertiary/aromatic N) is 2. The number of nitrogens with one attached hydrogen (secondary N) is 1. The number of benzene rings is 3. The molecule has 220 valence electrons. The number of ether oxygens (including phenoxy) is 1. The Kier molecular flexibility index (Phi) is 11.8. The van der Waals surface area contributed by atoms with E-state index in [1.54, 1.807) is 61.5 Å². The standard InChI is InChI=1S/C29H33Cl2N3O5S2/c1-5-27(29(36)32-3)33(18-20-7-8-21(30)17-26(20)31)28(35)19-34(22-9-11-23(12-10-22)39-6-2)41(37,38)25-15-13-24(40-4)14-16-25/h7-17,27H,5-6,18-19H2,1-4H3,(H,32,36). The second-order valence-corrected chi connectivity index (χ2v) is 12.5. The van der Waals surface area contributed by atoms with Crippen LogP contribution in [0.3, 0.4) is 0 Å². The number of hydrogen-bond donors (Lipinski definition) is 1. The zero-order valence-corrected chi connectivity index (χ0v) is 26.4. The van der Waals surface area contributed by atoms with Crippen molar-refractivity contribution in [1.29, 1.82) is 0 Å². The molecule has 3 rings (SSSR count). The summed E-state index contributed by atoms with van der Waals surface area (Å²) in [5.74, 6) is -0.396. The Balaban J connectivity index is 2.08. The second-order valence-electron chi connectivity index (χ2n) is 8.91. The highest BCUT2D eigenvalue weighted by molar-refractivity contribution is 7.98. The molecule has 12 heteroatoms. The zero-order valence-electron chi connectivity index (χ0n) is 23.3. The van der Waals surface area contributed by atoms with Gasteiger partial charge < -0.3 is 15.0 Å². The van der Waals surface area contributed by atoms with Crippen molar-refractivity contribution in [1.82, 2.24) is 10.2 Å². The van der Waals surface area contributed by atoms with E-state index in [9.17, 15) is 18.0 Å². The van der Waals surface area contributed by atoms with Gasteiger partial charge in [0.15, 0.2) is 0 Å². The number of halogens is 2. The smallest absolute Gasteiger partial charge is 0.264 e. The number of carbonyl (C=O) groups excluding carboxylic acids is 2. The fourth-order valence-electron chi connectivity index (χ4n) is 4.20. The van der Waals surface area contributed by atoms with Gasteiger partial charge in [-0.05, 0) is 85.8 Å². The van der Waals surface area contributed by atoms with Crippen molar-refractivity contribution in [3.05, 3.63) is 82.3 Å². The fourth-order valence-corrected chi connectivity index (χ4v) is 6.49. The molecule has 0 heterocycles. The van der Waals surface area contributed by atoms with Crippen LogP contribution in [-0.2, 0) is 26.2 Å². The number of thioether (sulfide) groups is 1. The van der Waals surface area contributed by atoms with E-state index in [0.29, 0.717) is 34.4 Å². The SMILES string of the molecule is CCOc1ccc(N(CC(=O)N(Cc2ccc(Cl)cc2Cl)C(CC)C(=O)NC)S(=O)(=O)c2ccc(SC)cc2)cc1. The topological polar surface area (TPSA) is 96.0 Å². The summed E-state index contributed by atoms with van der Waals surface area (Å²) in [5, 5.41) is 3.35. The van der Waals surface area contributed by atoms with Crippen molar-refractivity contribution in [3.8, 4) is 5.75 Å². The first-order valence-corrected chi connectivity index (χ1v) is 16.3. The Morgan fingerprint density at radius 3 is 2.20 bits per heavy atom. The van der Waals surface area contributed by atoms with Crippen molar-refractivity contribution in [2.24, 2.45) is 0 Å². The van der Waals surface area contributed by atoms with Crippen LogP contribution < -0.4 is 14.4 Å². The molecule has 41 heavy (non-hydrogen) atoms. The van der Waals surface area contributed by atoms with Gasteiger partial charge in [0.25, 0.3) is 10.0 Å². The molecule has 3 aromatic carbocycles. The number of sulfonamides is 1. The molecule has 0 spiro atoms. The summed E-state index contributed by atoms with van der Waals surface area (Å²) in [4.78, 5) is 29.1. The average molecular weight is 639 g/mol. The number of hydrogen-bond acceptors (Lipinski definition) is 6. The lowest BCUT2D eigenvalue weighted by Gasteiger charge is -2.33. The summed E-state index contributed by atoms with van der Waals surface area (Å²) < 4.78 is 34.5. The largest absolute Gasteiger partial charge is 0.494 e. The molecule has 8 nitrogen and oxygen atoms in total. The lowest BCUT2D eigenvalue weighted by molar-refractivity contribution is -0.140. The Bertz CT molecular complexity index is 1450. The normalized spacial score (nSPS) is 12.0. The minimum absolute atomic E-state index is 0.0274. The molecule has 0 saturated heterocycles. The first-order valence-electron chi connectivity index (χ1n) is 12.9. The molecule has 0 fully saturated rings. The van der Waals surface area contributed by atoms with Crippen molar-refractivity contribution >= 4 is 62.5 Å². The van der Waals surface area contributed by atoms with Crippen LogP contribution >= 0.6 is 35.0 Å². The maximum Gasteiger partial charge on any atom is 0.264 e. The Labute approximate surface area is 256 Å². The van der Waals surface area contributed by atoms with Crippen LogP contribution in [0.4, 0.5) is 5.69 Å². The predicted molar refractivity (Wildman–Crippen MR) is 166 cm³/mol. The van der Waals surface area contributed by atoms with Gasteiger partial charge in [-0.25, -0.2) is 8.42 Å². The Morgan fingerprint density at radius 1 is 1.00 bits per heavy atom. The summed E-state index contributed by atoms with van der Waals surface area (Å²) in [7, 11) is -2.70. The van der Waals surface area contributed by atoms with Crippen LogP contribution in [0.15, 0.2) is 76.5 Å². The molecule has 0 bridgehead atoms. The number of amides is 2. The van der Waals surface area contributed by atoms with E-state index in [4.69, 9.17) is 27.9 Å². The summed E-state index contributed by atoms with van der Waals surface area (Å²) >= 11 is 14.0. The lowest BCUT2D eigenvalue weighted by atomic mass is 10.1. The molecule has 3 aromatic rings. The van der Waals surface area contributed by atoms with Gasteiger partial charge in [0.05, 0.1) is 17.2 Å². The molecule has 2 amide bonds. The molecule has 0 saturated carbocycles. The third-order valence-corrected chi connectivity index (χ3v) is 9.47. The second kappa shape index (κ2) is 14.8. The molecular formula is C29H33Cl2N3O5S2. The summed E-state index contributed by atoms with van der Waals surface area (Å²) in [6.07, 6.45) is 2.19. The van der Waals surface area contributed by atoms with Gasteiger partial charge in [-0.2, -0.15) is 0 Å². The number of anilines is 1. The molecule has 0 aromatic heterocycles. The highest BCUT2D eigenvalue weighted by atomic mass is 35.5. The third-order valence-electron chi connectivity index (χ3n) is 6.35. The van der Waals surface area contributed by atoms with E-state index in [-0.39, 0.29) is 23.0 Å². The van der Waals surface area contributed by atoms with Crippen LogP contribution in [0.2, 0.25) is 10.0 Å². The predicted octanol–water partition coefficient (Wildman–Crippen LogP) is 5.86. The molecular weight excluding hydrogens is 605 g/mol. The monoisotopic (exact) mass is 637 g/mol. The van der Waals surface area contributed by atoms with E-state index in [1.165, 1.54) is 35.8 Å². The molecule has 1 unspecified atom stereocenters. The highest BCUT2D eigenvalue weighted by Crippen LogP contribution is 2.29. The maximum absolute atomic E-state index is 14.0. The van der Waals surface area contributed by atoms with E-state index in [1.807, 2.05) is 13.2 Å². The first-order chi connectivity index (χ1) is 19.5. The quantitative estimate of drug-likeness (QED) is 0.236. The summed E-state index contributed by atoms with van der Waals surface area (Å²) in [6.45, 7) is 3.49. The Hall–Kier alpha value is -2.92. The van der Waals surface area contributed by atoms with Crippen LogP contribution in [0, 0.1) is 0 Å². The average Bonchev–Trinajstić information content (AvgIpc) is 2.97. The zero-order chi connectivity index (χ0) is 30.2. The van der Waals surface area contributed by atoms with Crippen LogP contribution in [0.1, 0.15) is 25.8 Å². The number of likely N-dealkylation sites (N-methyl/N-ethyl adjacent to an activating group) is 1. The molecule has 0 aliphatic heterocycles. The van der Waals surface area contributed by atoms with Gasteiger partial charge in [-0.15, -0.1) is 11.8 Å². The van der Waals surface area contributed by atoms with Crippen LogP contribution in [0.25, 0.3) is 0 Å². The Morgan fingerprint density at radius 2 is 1.66 bits per heavy atom. The minimum Gasteiger partial charge on any atom is -0.494 e. The molecule has 0 radical (unpaired) electrons. The molecule has 0 aliphatic carbocycles.